The molecule has 0 spiro atoms. The molecule has 0 bridgehead atoms. The molecule has 2 aromatic heterocycles. The third-order valence-electron chi connectivity index (χ3n) is 3.55. The third-order valence-corrected chi connectivity index (χ3v) is 5.55. The molecule has 23 heavy (non-hydrogen) atoms. The monoisotopic (exact) mass is 341 g/mol. The molecule has 0 aliphatic carbocycles. The number of aromatic nitrogens is 1. The van der Waals surface area contributed by atoms with E-state index >= 15 is 0 Å². The van der Waals surface area contributed by atoms with Gasteiger partial charge in [0.15, 0.2) is 5.78 Å². The molecule has 0 saturated carbocycles. The summed E-state index contributed by atoms with van der Waals surface area (Å²) in [5, 5.41) is 1.87. The summed E-state index contributed by atoms with van der Waals surface area (Å²) in [6.45, 7) is 2.01. The highest BCUT2D eigenvalue weighted by atomic mass is 32.1. The zero-order valence-electron chi connectivity index (χ0n) is 12.8. The highest BCUT2D eigenvalue weighted by Crippen LogP contribution is 2.10. The number of thiazole rings is 1. The lowest BCUT2D eigenvalue weighted by Crippen LogP contribution is -2.29. The van der Waals surface area contributed by atoms with Crippen LogP contribution in [0.2, 0.25) is 0 Å². The van der Waals surface area contributed by atoms with Crippen molar-refractivity contribution >= 4 is 40.6 Å². The SMILES string of the molecule is Cc1ccccc1/C=c1\s/c(=C\C(=O)c2cccs2)n(C)c1=O. The quantitative estimate of drug-likeness (QED) is 0.686. The van der Waals surface area contributed by atoms with E-state index in [0.29, 0.717) is 14.1 Å². The number of ketones is 1. The highest BCUT2D eigenvalue weighted by Gasteiger charge is 2.06. The van der Waals surface area contributed by atoms with Gasteiger partial charge in [-0.3, -0.25) is 9.59 Å². The number of nitrogens with zero attached hydrogens (tertiary/aromatic N) is 1. The zero-order valence-corrected chi connectivity index (χ0v) is 14.4. The smallest absolute Gasteiger partial charge is 0.268 e. The lowest BCUT2D eigenvalue weighted by Gasteiger charge is -1.96. The van der Waals surface area contributed by atoms with E-state index in [2.05, 4.69) is 0 Å². The topological polar surface area (TPSA) is 39.1 Å². The molecule has 0 atom stereocenters. The van der Waals surface area contributed by atoms with E-state index in [1.165, 1.54) is 33.3 Å². The number of rotatable bonds is 3. The van der Waals surface area contributed by atoms with Gasteiger partial charge in [0.25, 0.3) is 5.56 Å². The number of carbonyl (C=O) groups is 1. The van der Waals surface area contributed by atoms with Gasteiger partial charge in [0, 0.05) is 13.1 Å². The number of aryl methyl sites for hydroxylation is 1. The van der Waals surface area contributed by atoms with Gasteiger partial charge in [-0.15, -0.1) is 22.7 Å². The first-order valence-corrected chi connectivity index (χ1v) is 8.78. The van der Waals surface area contributed by atoms with Gasteiger partial charge >= 0.3 is 0 Å². The van der Waals surface area contributed by atoms with Crippen LogP contribution < -0.4 is 14.8 Å². The Morgan fingerprint density at radius 3 is 2.65 bits per heavy atom. The molecule has 0 amide bonds. The highest BCUT2D eigenvalue weighted by molar-refractivity contribution is 7.12. The van der Waals surface area contributed by atoms with E-state index in [-0.39, 0.29) is 11.3 Å². The van der Waals surface area contributed by atoms with E-state index in [0.717, 1.165) is 11.1 Å². The summed E-state index contributed by atoms with van der Waals surface area (Å²) in [4.78, 5) is 25.3. The Morgan fingerprint density at radius 1 is 1.17 bits per heavy atom. The van der Waals surface area contributed by atoms with Gasteiger partial charge in [0.05, 0.1) is 9.41 Å². The summed E-state index contributed by atoms with van der Waals surface area (Å²) in [7, 11) is 1.70. The molecule has 0 fully saturated rings. The summed E-state index contributed by atoms with van der Waals surface area (Å²) >= 11 is 2.74. The minimum absolute atomic E-state index is 0.0701. The maximum absolute atomic E-state index is 12.4. The van der Waals surface area contributed by atoms with Gasteiger partial charge in [-0.25, -0.2) is 0 Å². The first-order valence-electron chi connectivity index (χ1n) is 7.09. The molecule has 0 N–H and O–H groups in total. The molecule has 2 heterocycles. The predicted octanol–water partition coefficient (Wildman–Crippen LogP) is 2.31. The summed E-state index contributed by atoms with van der Waals surface area (Å²) in [5.74, 6) is -0.0701. The second-order valence-corrected chi connectivity index (χ2v) is 7.17. The van der Waals surface area contributed by atoms with Crippen molar-refractivity contribution in [3.63, 3.8) is 0 Å². The van der Waals surface area contributed by atoms with Crippen molar-refractivity contribution in [3.05, 3.63) is 77.3 Å². The fourth-order valence-corrected chi connectivity index (χ4v) is 3.86. The van der Waals surface area contributed by atoms with Gasteiger partial charge in [-0.1, -0.05) is 30.3 Å². The zero-order chi connectivity index (χ0) is 16.4. The number of hydrogen-bond acceptors (Lipinski definition) is 4. The van der Waals surface area contributed by atoms with Gasteiger partial charge in [0.2, 0.25) is 0 Å². The van der Waals surface area contributed by atoms with Crippen LogP contribution in [-0.2, 0) is 7.05 Å². The Balaban J connectivity index is 2.11. The molecule has 1 aromatic carbocycles. The minimum atomic E-state index is -0.0801. The van der Waals surface area contributed by atoms with Crippen molar-refractivity contribution < 1.29 is 4.79 Å². The molecule has 5 heteroatoms. The van der Waals surface area contributed by atoms with Crippen LogP contribution in [-0.4, -0.2) is 10.4 Å². The van der Waals surface area contributed by atoms with E-state index in [1.807, 2.05) is 48.7 Å². The summed E-state index contributed by atoms with van der Waals surface area (Å²) in [6, 6.07) is 11.5. The molecule has 0 saturated heterocycles. The maximum Gasteiger partial charge on any atom is 0.268 e. The molecule has 0 unspecified atom stereocenters. The van der Waals surface area contributed by atoms with Crippen LogP contribution >= 0.6 is 22.7 Å². The molecular formula is C18H15NO2S2. The lowest BCUT2D eigenvalue weighted by molar-refractivity contribution is 0.106. The number of thiophene rings is 1. The van der Waals surface area contributed by atoms with Gasteiger partial charge in [-0.2, -0.15) is 0 Å². The number of carbonyl (C=O) groups excluding carboxylic acids is 1. The fourth-order valence-electron chi connectivity index (χ4n) is 2.20. The lowest BCUT2D eigenvalue weighted by atomic mass is 10.1. The Kier molecular flexibility index (Phi) is 4.41. The summed E-state index contributed by atoms with van der Waals surface area (Å²) in [5.41, 5.74) is 2.05. The van der Waals surface area contributed by atoms with Crippen molar-refractivity contribution in [2.45, 2.75) is 6.92 Å². The summed E-state index contributed by atoms with van der Waals surface area (Å²) in [6.07, 6.45) is 3.42. The summed E-state index contributed by atoms with van der Waals surface area (Å²) < 4.78 is 2.82. The third kappa shape index (κ3) is 3.25. The van der Waals surface area contributed by atoms with Gasteiger partial charge < -0.3 is 4.57 Å². The van der Waals surface area contributed by atoms with E-state index in [4.69, 9.17) is 0 Å². The fraction of sp³-hybridized carbons (Fsp3) is 0.111. The average Bonchev–Trinajstić information content (AvgIpc) is 3.15. The number of benzene rings is 1. The first-order chi connectivity index (χ1) is 11.1. The molecule has 0 aliphatic rings. The van der Waals surface area contributed by atoms with Crippen LogP contribution in [0.4, 0.5) is 0 Å². The molecule has 3 nitrogen and oxygen atoms in total. The van der Waals surface area contributed by atoms with E-state index in [9.17, 15) is 9.59 Å². The normalized spacial score (nSPS) is 12.8. The Hall–Kier alpha value is -2.24. The Bertz CT molecular complexity index is 1020. The molecule has 3 aromatic rings. The molecule has 3 rings (SSSR count). The van der Waals surface area contributed by atoms with Crippen molar-refractivity contribution in [1.29, 1.82) is 0 Å². The number of hydrogen-bond donors (Lipinski definition) is 0. The van der Waals surface area contributed by atoms with Crippen molar-refractivity contribution in [2.75, 3.05) is 0 Å². The van der Waals surface area contributed by atoms with E-state index < -0.39 is 0 Å². The molecule has 0 aliphatic heterocycles. The maximum atomic E-state index is 12.4. The second kappa shape index (κ2) is 6.48. The largest absolute Gasteiger partial charge is 0.302 e. The van der Waals surface area contributed by atoms with Crippen LogP contribution in [0.5, 0.6) is 0 Å². The van der Waals surface area contributed by atoms with Crippen LogP contribution in [0.1, 0.15) is 20.8 Å². The van der Waals surface area contributed by atoms with Crippen molar-refractivity contribution in [1.82, 2.24) is 4.57 Å². The Morgan fingerprint density at radius 2 is 1.96 bits per heavy atom. The Labute approximate surface area is 141 Å². The van der Waals surface area contributed by atoms with Crippen molar-refractivity contribution in [2.24, 2.45) is 7.05 Å². The average molecular weight is 341 g/mol. The van der Waals surface area contributed by atoms with Crippen LogP contribution in [0.25, 0.3) is 12.2 Å². The van der Waals surface area contributed by atoms with Gasteiger partial charge in [0.1, 0.15) is 4.66 Å². The molecule has 0 radical (unpaired) electrons. The molecule has 116 valence electrons. The van der Waals surface area contributed by atoms with Crippen LogP contribution in [0.3, 0.4) is 0 Å². The van der Waals surface area contributed by atoms with E-state index in [1.54, 1.807) is 13.1 Å². The first kappa shape index (κ1) is 15.6. The standard InChI is InChI=1S/C18H15NO2S2/c1-12-6-3-4-7-13(12)10-16-18(21)19(2)17(23-16)11-14(20)15-8-5-9-22-15/h3-11H,1-2H3/b16-10-,17-11-. The number of Topliss-reactive ketones (excluding diaryl/α,β-unsaturated/α-hetero) is 1. The van der Waals surface area contributed by atoms with Crippen LogP contribution in [0.15, 0.2) is 46.6 Å². The predicted molar refractivity (Wildman–Crippen MR) is 96.7 cm³/mol. The minimum Gasteiger partial charge on any atom is -0.302 e. The van der Waals surface area contributed by atoms with Gasteiger partial charge in [-0.05, 0) is 35.6 Å². The van der Waals surface area contributed by atoms with Crippen molar-refractivity contribution in [3.8, 4) is 0 Å². The second-order valence-electron chi connectivity index (χ2n) is 5.16. The van der Waals surface area contributed by atoms with Crippen LogP contribution in [0, 0.1) is 6.92 Å². The molecular weight excluding hydrogens is 326 g/mol.